The summed E-state index contributed by atoms with van der Waals surface area (Å²) in [6, 6.07) is 5.85. The summed E-state index contributed by atoms with van der Waals surface area (Å²) < 4.78 is 20.3. The molecular formula is C16H19FN4O2. The van der Waals surface area contributed by atoms with E-state index < -0.39 is 0 Å². The number of carbonyl (C=O) groups is 1. The molecule has 1 aliphatic heterocycles. The third kappa shape index (κ3) is 3.85. The molecule has 0 saturated carbocycles. The zero-order valence-corrected chi connectivity index (χ0v) is 13.0. The number of benzene rings is 1. The Balaban J connectivity index is 1.43. The first-order valence-corrected chi connectivity index (χ1v) is 7.68. The van der Waals surface area contributed by atoms with Gasteiger partial charge in [-0.3, -0.25) is 4.79 Å². The number of aromatic nitrogens is 3. The van der Waals surface area contributed by atoms with Crippen LogP contribution in [0.4, 0.5) is 4.39 Å². The van der Waals surface area contributed by atoms with Crippen LogP contribution in [0.5, 0.6) is 5.75 Å². The average Bonchev–Trinajstić information content (AvgIpc) is 2.90. The van der Waals surface area contributed by atoms with Crippen molar-refractivity contribution in [3.05, 3.63) is 41.7 Å². The van der Waals surface area contributed by atoms with Crippen molar-refractivity contribution in [1.29, 1.82) is 0 Å². The van der Waals surface area contributed by atoms with E-state index in [1.165, 1.54) is 12.1 Å². The number of fused-ring (bicyclic) bond motifs is 1. The minimum Gasteiger partial charge on any atom is -0.493 e. The number of hydrogen-bond donors (Lipinski definition) is 1. The topological polar surface area (TPSA) is 69.0 Å². The minimum atomic E-state index is -0.309. The molecule has 1 unspecified atom stereocenters. The lowest BCUT2D eigenvalue weighted by Gasteiger charge is -2.24. The predicted octanol–water partition coefficient (Wildman–Crippen LogP) is 1.63. The van der Waals surface area contributed by atoms with Crippen molar-refractivity contribution in [3.8, 4) is 5.75 Å². The smallest absolute Gasteiger partial charge is 0.223 e. The maximum Gasteiger partial charge on any atom is 0.223 e. The number of nitrogens with one attached hydrogen (secondary N) is 1. The summed E-state index contributed by atoms with van der Waals surface area (Å²) in [5, 5.41) is 11.2. The molecule has 0 saturated heterocycles. The molecule has 1 atom stereocenters. The molecule has 0 spiro atoms. The zero-order valence-electron chi connectivity index (χ0n) is 13.0. The highest BCUT2D eigenvalue weighted by Gasteiger charge is 2.22. The van der Waals surface area contributed by atoms with E-state index in [2.05, 4.69) is 15.5 Å². The van der Waals surface area contributed by atoms with Crippen molar-refractivity contribution in [2.75, 3.05) is 6.61 Å². The molecular weight excluding hydrogens is 299 g/mol. The van der Waals surface area contributed by atoms with Crippen LogP contribution in [0.3, 0.4) is 0 Å². The lowest BCUT2D eigenvalue weighted by atomic mass is 10.1. The molecule has 1 amide bonds. The molecule has 1 N–H and O–H groups in total. The van der Waals surface area contributed by atoms with Crippen LogP contribution in [0.2, 0.25) is 0 Å². The summed E-state index contributed by atoms with van der Waals surface area (Å²) in [5.41, 5.74) is 0. The maximum atomic E-state index is 12.8. The zero-order chi connectivity index (χ0) is 16.2. The van der Waals surface area contributed by atoms with Gasteiger partial charge in [0.1, 0.15) is 23.2 Å². The molecule has 122 valence electrons. The number of halogens is 1. The second-order valence-corrected chi connectivity index (χ2v) is 5.63. The van der Waals surface area contributed by atoms with Gasteiger partial charge in [-0.2, -0.15) is 0 Å². The monoisotopic (exact) mass is 318 g/mol. The SMILES string of the molecule is Cc1nnc2n1CC(NC(=O)CCOc1ccc(F)cc1)CC2. The lowest BCUT2D eigenvalue weighted by molar-refractivity contribution is -0.122. The number of carbonyl (C=O) groups excluding carboxylic acids is 1. The lowest BCUT2D eigenvalue weighted by Crippen LogP contribution is -2.41. The van der Waals surface area contributed by atoms with E-state index in [-0.39, 0.29) is 30.8 Å². The van der Waals surface area contributed by atoms with E-state index >= 15 is 0 Å². The van der Waals surface area contributed by atoms with Crippen LogP contribution in [0.15, 0.2) is 24.3 Å². The fraction of sp³-hybridized carbons (Fsp3) is 0.438. The van der Waals surface area contributed by atoms with Gasteiger partial charge in [-0.1, -0.05) is 0 Å². The van der Waals surface area contributed by atoms with Crippen LogP contribution < -0.4 is 10.1 Å². The highest BCUT2D eigenvalue weighted by molar-refractivity contribution is 5.76. The summed E-state index contributed by atoms with van der Waals surface area (Å²) >= 11 is 0. The van der Waals surface area contributed by atoms with E-state index in [0.29, 0.717) is 12.3 Å². The third-order valence-corrected chi connectivity index (χ3v) is 3.91. The fourth-order valence-electron chi connectivity index (χ4n) is 2.67. The number of aryl methyl sites for hydroxylation is 2. The second kappa shape index (κ2) is 6.76. The van der Waals surface area contributed by atoms with Crippen molar-refractivity contribution in [2.45, 2.75) is 38.8 Å². The van der Waals surface area contributed by atoms with Crippen molar-refractivity contribution >= 4 is 5.91 Å². The normalized spacial score (nSPS) is 16.7. The second-order valence-electron chi connectivity index (χ2n) is 5.63. The number of rotatable bonds is 5. The molecule has 2 aromatic rings. The molecule has 1 aliphatic rings. The Morgan fingerprint density at radius 1 is 1.39 bits per heavy atom. The van der Waals surface area contributed by atoms with Crippen LogP contribution in [-0.4, -0.2) is 33.3 Å². The highest BCUT2D eigenvalue weighted by atomic mass is 19.1. The van der Waals surface area contributed by atoms with Gasteiger partial charge in [-0.25, -0.2) is 4.39 Å². The van der Waals surface area contributed by atoms with Crippen molar-refractivity contribution in [3.63, 3.8) is 0 Å². The highest BCUT2D eigenvalue weighted by Crippen LogP contribution is 2.15. The molecule has 1 aromatic heterocycles. The van der Waals surface area contributed by atoms with E-state index in [4.69, 9.17) is 4.74 Å². The molecule has 0 radical (unpaired) electrons. The third-order valence-electron chi connectivity index (χ3n) is 3.91. The molecule has 23 heavy (non-hydrogen) atoms. The van der Waals surface area contributed by atoms with Crippen molar-refractivity contribution < 1.29 is 13.9 Å². The standard InChI is InChI=1S/C16H19FN4O2/c1-11-19-20-15-7-4-13(10-21(11)15)18-16(22)8-9-23-14-5-2-12(17)3-6-14/h2-3,5-6,13H,4,7-10H2,1H3,(H,18,22). The first kappa shape index (κ1) is 15.5. The van der Waals surface area contributed by atoms with E-state index in [0.717, 1.165) is 24.5 Å². The van der Waals surface area contributed by atoms with Gasteiger partial charge in [-0.05, 0) is 37.6 Å². The van der Waals surface area contributed by atoms with Gasteiger partial charge >= 0.3 is 0 Å². The molecule has 7 heteroatoms. The Hall–Kier alpha value is -2.44. The molecule has 3 rings (SSSR count). The van der Waals surface area contributed by atoms with E-state index in [1.807, 2.05) is 11.5 Å². The van der Waals surface area contributed by atoms with Crippen molar-refractivity contribution in [1.82, 2.24) is 20.1 Å². The largest absolute Gasteiger partial charge is 0.493 e. The molecule has 1 aromatic carbocycles. The first-order valence-electron chi connectivity index (χ1n) is 7.68. The summed E-state index contributed by atoms with van der Waals surface area (Å²) in [7, 11) is 0. The number of nitrogens with zero attached hydrogens (tertiary/aromatic N) is 3. The van der Waals surface area contributed by atoms with Crippen molar-refractivity contribution in [2.24, 2.45) is 0 Å². The van der Waals surface area contributed by atoms with Gasteiger partial charge in [0.05, 0.1) is 13.0 Å². The van der Waals surface area contributed by atoms with Crippen LogP contribution in [-0.2, 0) is 17.8 Å². The van der Waals surface area contributed by atoms with Crippen LogP contribution >= 0.6 is 0 Å². The van der Waals surface area contributed by atoms with Gasteiger partial charge in [0.15, 0.2) is 0 Å². The van der Waals surface area contributed by atoms with Gasteiger partial charge in [0, 0.05) is 19.0 Å². The Morgan fingerprint density at radius 3 is 2.96 bits per heavy atom. The van der Waals surface area contributed by atoms with Gasteiger partial charge in [0.2, 0.25) is 5.91 Å². The number of amides is 1. The first-order chi connectivity index (χ1) is 11.1. The minimum absolute atomic E-state index is 0.0497. The number of hydrogen-bond acceptors (Lipinski definition) is 4. The predicted molar refractivity (Wildman–Crippen MR) is 81.5 cm³/mol. The summed E-state index contributed by atoms with van der Waals surface area (Å²) in [5.74, 6) is 2.05. The number of ether oxygens (including phenoxy) is 1. The van der Waals surface area contributed by atoms with Crippen LogP contribution in [0.1, 0.15) is 24.5 Å². The Kier molecular flexibility index (Phi) is 4.55. The molecule has 2 heterocycles. The van der Waals surface area contributed by atoms with Gasteiger partial charge in [-0.15, -0.1) is 10.2 Å². The summed E-state index contributed by atoms with van der Waals surface area (Å²) in [6.45, 7) is 2.89. The van der Waals surface area contributed by atoms with Crippen LogP contribution in [0.25, 0.3) is 0 Å². The van der Waals surface area contributed by atoms with Gasteiger partial charge < -0.3 is 14.6 Å². The van der Waals surface area contributed by atoms with E-state index in [1.54, 1.807) is 12.1 Å². The average molecular weight is 318 g/mol. The van der Waals surface area contributed by atoms with Crippen LogP contribution in [0, 0.1) is 12.7 Å². The Bertz CT molecular complexity index is 684. The quantitative estimate of drug-likeness (QED) is 0.910. The molecule has 6 nitrogen and oxygen atoms in total. The molecule has 0 fully saturated rings. The van der Waals surface area contributed by atoms with E-state index in [9.17, 15) is 9.18 Å². The van der Waals surface area contributed by atoms with Gasteiger partial charge in [0.25, 0.3) is 0 Å². The summed E-state index contributed by atoms with van der Waals surface area (Å²) in [6.07, 6.45) is 1.95. The Labute approximate surface area is 133 Å². The Morgan fingerprint density at radius 2 is 2.17 bits per heavy atom. The molecule has 0 bridgehead atoms. The maximum absolute atomic E-state index is 12.8. The fourth-order valence-corrected chi connectivity index (χ4v) is 2.67. The molecule has 0 aliphatic carbocycles. The summed E-state index contributed by atoms with van der Waals surface area (Å²) in [4.78, 5) is 12.0.